The minimum atomic E-state index is -0.400. The van der Waals surface area contributed by atoms with Crippen LogP contribution in [0.25, 0.3) is 0 Å². The molecule has 2 fully saturated rings. The number of esters is 1. The lowest BCUT2D eigenvalue weighted by Gasteiger charge is -2.52. The van der Waals surface area contributed by atoms with Gasteiger partial charge in [-0.25, -0.2) is 4.79 Å². The average molecular weight is 517 g/mol. The van der Waals surface area contributed by atoms with Crippen LogP contribution in [0.1, 0.15) is 112 Å². The van der Waals surface area contributed by atoms with Crippen molar-refractivity contribution in [3.05, 3.63) is 52.6 Å². The Hall–Kier alpha value is -2.49. The van der Waals surface area contributed by atoms with Crippen LogP contribution in [0.4, 0.5) is 11.4 Å². The standard InChI is InChI=1S/C34H48N2O2/c1-20(2)7-6-8-21(3)30-13-14-31-28-11-9-23-17-25(10-12-26(23)27(28)15-16-34(30,31)5)38-33(37)29-18-24(35)19-32(36)22(29)4/h10,12,17-21,27-28,30-31H,6-9,11,13-16,35-36H2,1-5H3. The second kappa shape index (κ2) is 10.6. The van der Waals surface area contributed by atoms with E-state index in [-0.39, 0.29) is 0 Å². The third kappa shape index (κ3) is 4.96. The number of ether oxygens (including phenoxy) is 1. The molecule has 2 aromatic carbocycles. The zero-order valence-electron chi connectivity index (χ0n) is 24.2. The van der Waals surface area contributed by atoms with Crippen LogP contribution in [-0.4, -0.2) is 5.97 Å². The Bertz CT molecular complexity index is 1190. The van der Waals surface area contributed by atoms with Gasteiger partial charge in [0.2, 0.25) is 0 Å². The van der Waals surface area contributed by atoms with Gasteiger partial charge >= 0.3 is 5.97 Å². The first-order valence-electron chi connectivity index (χ1n) is 15.1. The zero-order valence-corrected chi connectivity index (χ0v) is 24.2. The predicted octanol–water partition coefficient (Wildman–Crippen LogP) is 8.31. The summed E-state index contributed by atoms with van der Waals surface area (Å²) in [4.78, 5) is 12.9. The fraction of sp³-hybridized carbons (Fsp3) is 0.618. The molecule has 6 unspecified atom stereocenters. The molecule has 0 aromatic heterocycles. The van der Waals surface area contributed by atoms with E-state index in [2.05, 4.69) is 39.8 Å². The van der Waals surface area contributed by atoms with Crippen LogP contribution >= 0.6 is 0 Å². The molecule has 0 radical (unpaired) electrons. The Morgan fingerprint density at radius 3 is 2.61 bits per heavy atom. The minimum absolute atomic E-state index is 0.400. The van der Waals surface area contributed by atoms with Gasteiger partial charge in [0.25, 0.3) is 0 Å². The molecule has 0 heterocycles. The molecule has 3 aliphatic carbocycles. The topological polar surface area (TPSA) is 78.3 Å². The molecular formula is C34H48N2O2. The molecule has 2 saturated carbocycles. The third-order valence-corrected chi connectivity index (χ3v) is 10.8. The van der Waals surface area contributed by atoms with Gasteiger partial charge in [-0.2, -0.15) is 0 Å². The highest BCUT2D eigenvalue weighted by Gasteiger charge is 2.55. The number of benzene rings is 2. The SMILES string of the molecule is Cc1c(N)cc(N)cc1C(=O)Oc1ccc2c(c1)CCC1C2CCC2(C)C(C(C)CCCC(C)C)CCC12. The van der Waals surface area contributed by atoms with Crippen LogP contribution in [0, 0.1) is 41.9 Å². The maximum atomic E-state index is 12.9. The molecule has 206 valence electrons. The van der Waals surface area contributed by atoms with E-state index in [9.17, 15) is 4.79 Å². The molecule has 6 atom stereocenters. The van der Waals surface area contributed by atoms with Crippen LogP contribution in [0.5, 0.6) is 5.75 Å². The van der Waals surface area contributed by atoms with E-state index in [0.29, 0.717) is 39.6 Å². The van der Waals surface area contributed by atoms with E-state index in [4.69, 9.17) is 16.2 Å². The highest BCUT2D eigenvalue weighted by Crippen LogP contribution is 2.64. The molecule has 38 heavy (non-hydrogen) atoms. The molecule has 0 bridgehead atoms. The van der Waals surface area contributed by atoms with Crippen LogP contribution in [-0.2, 0) is 6.42 Å². The number of hydrogen-bond acceptors (Lipinski definition) is 4. The van der Waals surface area contributed by atoms with Gasteiger partial charge in [0, 0.05) is 11.4 Å². The van der Waals surface area contributed by atoms with Crippen molar-refractivity contribution in [2.45, 2.75) is 98.3 Å². The predicted molar refractivity (Wildman–Crippen MR) is 157 cm³/mol. The Morgan fingerprint density at radius 1 is 1.05 bits per heavy atom. The quantitative estimate of drug-likeness (QED) is 0.220. The van der Waals surface area contributed by atoms with Crippen LogP contribution < -0.4 is 16.2 Å². The first-order valence-corrected chi connectivity index (χ1v) is 15.1. The monoisotopic (exact) mass is 516 g/mol. The Balaban J connectivity index is 1.29. The number of fused-ring (bicyclic) bond motifs is 5. The van der Waals surface area contributed by atoms with E-state index in [1.165, 1.54) is 62.5 Å². The Kier molecular flexibility index (Phi) is 7.55. The van der Waals surface area contributed by atoms with Crippen molar-refractivity contribution in [3.63, 3.8) is 0 Å². The van der Waals surface area contributed by atoms with E-state index in [0.717, 1.165) is 36.0 Å². The van der Waals surface area contributed by atoms with Gasteiger partial charge in [0.05, 0.1) is 5.56 Å². The molecule has 4 heteroatoms. The number of aryl methyl sites for hydroxylation is 1. The number of anilines is 2. The Labute approximate surface area is 229 Å². The summed E-state index contributed by atoms with van der Waals surface area (Å²) in [7, 11) is 0. The van der Waals surface area contributed by atoms with E-state index in [1.807, 2.05) is 13.0 Å². The molecule has 5 rings (SSSR count). The highest BCUT2D eigenvalue weighted by atomic mass is 16.5. The fourth-order valence-corrected chi connectivity index (χ4v) is 8.78. The Morgan fingerprint density at radius 2 is 1.84 bits per heavy atom. The molecule has 0 saturated heterocycles. The number of nitrogen functional groups attached to an aromatic ring is 2. The number of hydrogen-bond donors (Lipinski definition) is 2. The average Bonchev–Trinajstić information content (AvgIpc) is 3.23. The summed E-state index contributed by atoms with van der Waals surface area (Å²) in [5, 5.41) is 0. The molecule has 0 spiro atoms. The van der Waals surface area contributed by atoms with Gasteiger partial charge in [0.1, 0.15) is 5.75 Å². The fourth-order valence-electron chi connectivity index (χ4n) is 8.78. The van der Waals surface area contributed by atoms with Crippen molar-refractivity contribution >= 4 is 17.3 Å². The van der Waals surface area contributed by atoms with Crippen LogP contribution in [0.2, 0.25) is 0 Å². The molecule has 0 aliphatic heterocycles. The second-order valence-corrected chi connectivity index (χ2v) is 13.5. The summed E-state index contributed by atoms with van der Waals surface area (Å²) in [6, 6.07) is 9.68. The van der Waals surface area contributed by atoms with Gasteiger partial charge in [-0.1, -0.05) is 53.0 Å². The molecule has 0 amide bonds. The molecule has 4 nitrogen and oxygen atoms in total. The molecular weight excluding hydrogens is 468 g/mol. The van der Waals surface area contributed by atoms with Crippen LogP contribution in [0.3, 0.4) is 0 Å². The maximum absolute atomic E-state index is 12.9. The summed E-state index contributed by atoms with van der Waals surface area (Å²) in [5.41, 5.74) is 17.4. The lowest BCUT2D eigenvalue weighted by molar-refractivity contribution is 0.00967. The van der Waals surface area contributed by atoms with Crippen molar-refractivity contribution in [1.82, 2.24) is 0 Å². The number of nitrogens with two attached hydrogens (primary N) is 2. The van der Waals surface area contributed by atoms with Gasteiger partial charge in [-0.3, -0.25) is 0 Å². The summed E-state index contributed by atoms with van der Waals surface area (Å²) in [6.07, 6.45) is 11.9. The van der Waals surface area contributed by atoms with Gasteiger partial charge in [-0.15, -0.1) is 0 Å². The first kappa shape index (κ1) is 27.1. The van der Waals surface area contributed by atoms with Crippen molar-refractivity contribution in [3.8, 4) is 5.75 Å². The molecule has 3 aliphatic rings. The minimum Gasteiger partial charge on any atom is -0.423 e. The molecule has 2 aromatic rings. The smallest absolute Gasteiger partial charge is 0.343 e. The summed E-state index contributed by atoms with van der Waals surface area (Å²) in [6.45, 7) is 11.7. The van der Waals surface area contributed by atoms with Gasteiger partial charge < -0.3 is 16.2 Å². The summed E-state index contributed by atoms with van der Waals surface area (Å²) in [5.74, 6) is 5.04. The zero-order chi connectivity index (χ0) is 27.2. The van der Waals surface area contributed by atoms with Crippen molar-refractivity contribution in [1.29, 1.82) is 0 Å². The van der Waals surface area contributed by atoms with Crippen molar-refractivity contribution in [2.75, 3.05) is 11.5 Å². The van der Waals surface area contributed by atoms with Crippen LogP contribution in [0.15, 0.2) is 30.3 Å². The lowest BCUT2D eigenvalue weighted by atomic mass is 9.53. The highest BCUT2D eigenvalue weighted by molar-refractivity contribution is 5.95. The second-order valence-electron chi connectivity index (χ2n) is 13.5. The number of carbonyl (C=O) groups excluding carboxylic acids is 1. The number of rotatable bonds is 7. The normalized spacial score (nSPS) is 28.9. The number of carbonyl (C=O) groups is 1. The first-order chi connectivity index (χ1) is 18.1. The third-order valence-electron chi connectivity index (χ3n) is 10.8. The maximum Gasteiger partial charge on any atom is 0.343 e. The summed E-state index contributed by atoms with van der Waals surface area (Å²) < 4.78 is 5.82. The molecule has 4 N–H and O–H groups in total. The largest absolute Gasteiger partial charge is 0.423 e. The van der Waals surface area contributed by atoms with Gasteiger partial charge in [0.15, 0.2) is 0 Å². The van der Waals surface area contributed by atoms with Gasteiger partial charge in [-0.05, 0) is 127 Å². The van der Waals surface area contributed by atoms with E-state index in [1.54, 1.807) is 12.1 Å². The van der Waals surface area contributed by atoms with E-state index >= 15 is 0 Å². The van der Waals surface area contributed by atoms with E-state index < -0.39 is 5.97 Å². The van der Waals surface area contributed by atoms with Crippen molar-refractivity contribution in [2.24, 2.45) is 35.0 Å². The lowest BCUT2D eigenvalue weighted by Crippen LogP contribution is -2.43. The van der Waals surface area contributed by atoms with Crippen molar-refractivity contribution < 1.29 is 9.53 Å². The summed E-state index contributed by atoms with van der Waals surface area (Å²) >= 11 is 0.